The molecule has 0 aromatic heterocycles. The number of rotatable bonds is 6. The average Bonchev–Trinajstić information content (AvgIpc) is 2.35. The quantitative estimate of drug-likeness (QED) is 0.541. The molecule has 1 aromatic carbocycles. The van der Waals surface area contributed by atoms with E-state index in [1.165, 1.54) is 19.2 Å². The number of amides is 1. The van der Waals surface area contributed by atoms with E-state index in [1.807, 2.05) is 0 Å². The molecule has 8 nitrogen and oxygen atoms in total. The third-order valence-corrected chi connectivity index (χ3v) is 2.75. The normalized spacial score (nSPS) is 10.8. The molecule has 0 saturated carbocycles. The number of nitrogens with one attached hydrogen (secondary N) is 2. The average molecular weight is 295 g/mol. The summed E-state index contributed by atoms with van der Waals surface area (Å²) in [5.41, 5.74) is -0.829. The summed E-state index contributed by atoms with van der Waals surface area (Å²) in [7, 11) is 1.43. The van der Waals surface area contributed by atoms with Crippen LogP contribution in [0.3, 0.4) is 0 Å². The van der Waals surface area contributed by atoms with Gasteiger partial charge in [0, 0.05) is 24.2 Å². The molecular formula is C13H17N3O5. The van der Waals surface area contributed by atoms with Gasteiger partial charge in [0.2, 0.25) is 0 Å². The Morgan fingerprint density at radius 3 is 2.48 bits per heavy atom. The van der Waals surface area contributed by atoms with Crippen LogP contribution in [0.4, 0.5) is 11.4 Å². The number of carboxylic acid groups (broad SMARTS) is 1. The summed E-state index contributed by atoms with van der Waals surface area (Å²) in [6, 6.07) is 3.98. The van der Waals surface area contributed by atoms with Crippen LogP contribution in [0.2, 0.25) is 0 Å². The molecule has 3 N–H and O–H groups in total. The fourth-order valence-electron chi connectivity index (χ4n) is 1.86. The summed E-state index contributed by atoms with van der Waals surface area (Å²) < 4.78 is 0. The summed E-state index contributed by atoms with van der Waals surface area (Å²) >= 11 is 0. The lowest BCUT2D eigenvalue weighted by Gasteiger charge is -2.25. The number of carbonyl (C=O) groups is 2. The van der Waals surface area contributed by atoms with Gasteiger partial charge in [-0.2, -0.15) is 0 Å². The van der Waals surface area contributed by atoms with Crippen LogP contribution in [0.5, 0.6) is 0 Å². The van der Waals surface area contributed by atoms with E-state index in [2.05, 4.69) is 10.6 Å². The molecule has 0 radical (unpaired) electrons. The molecule has 114 valence electrons. The van der Waals surface area contributed by atoms with Gasteiger partial charge in [0.1, 0.15) is 5.69 Å². The summed E-state index contributed by atoms with van der Waals surface area (Å²) in [5, 5.41) is 25.1. The molecule has 0 unspecified atom stereocenters. The second kappa shape index (κ2) is 6.21. The first-order chi connectivity index (χ1) is 9.66. The lowest BCUT2D eigenvalue weighted by atomic mass is 9.99. The minimum atomic E-state index is -1.02. The molecule has 8 heteroatoms. The molecule has 0 aliphatic heterocycles. The Morgan fingerprint density at radius 2 is 2.00 bits per heavy atom. The molecular weight excluding hydrogens is 278 g/mol. The Hall–Kier alpha value is -2.64. The predicted octanol–water partition coefficient (Wildman–Crippen LogP) is 1.62. The fourth-order valence-corrected chi connectivity index (χ4v) is 1.86. The van der Waals surface area contributed by atoms with E-state index >= 15 is 0 Å². The molecule has 0 atom stereocenters. The van der Waals surface area contributed by atoms with Gasteiger partial charge in [-0.1, -0.05) is 0 Å². The second-order valence-corrected chi connectivity index (χ2v) is 5.15. The molecule has 21 heavy (non-hydrogen) atoms. The van der Waals surface area contributed by atoms with E-state index < -0.39 is 22.3 Å². The van der Waals surface area contributed by atoms with Crippen molar-refractivity contribution < 1.29 is 19.6 Å². The largest absolute Gasteiger partial charge is 0.481 e. The molecule has 0 saturated heterocycles. The number of benzene rings is 1. The molecule has 1 aromatic rings. The maximum absolute atomic E-state index is 11.5. The van der Waals surface area contributed by atoms with Crippen molar-refractivity contribution in [3.63, 3.8) is 0 Å². The van der Waals surface area contributed by atoms with Crippen LogP contribution in [0.1, 0.15) is 30.6 Å². The van der Waals surface area contributed by atoms with Crippen molar-refractivity contribution in [2.45, 2.75) is 25.8 Å². The second-order valence-electron chi connectivity index (χ2n) is 5.15. The lowest BCUT2D eigenvalue weighted by Crippen LogP contribution is -2.34. The first-order valence-electron chi connectivity index (χ1n) is 6.17. The molecule has 0 spiro atoms. The van der Waals surface area contributed by atoms with Crippen LogP contribution < -0.4 is 10.6 Å². The van der Waals surface area contributed by atoms with Crippen LogP contribution in [-0.2, 0) is 4.79 Å². The number of carboxylic acids is 1. The minimum absolute atomic E-state index is 0.158. The van der Waals surface area contributed by atoms with Crippen molar-refractivity contribution in [3.05, 3.63) is 33.9 Å². The van der Waals surface area contributed by atoms with E-state index in [-0.39, 0.29) is 23.4 Å². The number of hydrogen-bond donors (Lipinski definition) is 3. The van der Waals surface area contributed by atoms with Gasteiger partial charge in [0.15, 0.2) is 0 Å². The topological polar surface area (TPSA) is 122 Å². The van der Waals surface area contributed by atoms with Gasteiger partial charge in [-0.25, -0.2) is 0 Å². The van der Waals surface area contributed by atoms with Crippen LogP contribution in [0.15, 0.2) is 18.2 Å². The van der Waals surface area contributed by atoms with Crippen LogP contribution >= 0.6 is 0 Å². The monoisotopic (exact) mass is 295 g/mol. The van der Waals surface area contributed by atoms with Crippen molar-refractivity contribution in [1.82, 2.24) is 5.32 Å². The van der Waals surface area contributed by atoms with Crippen LogP contribution in [0, 0.1) is 10.1 Å². The van der Waals surface area contributed by atoms with Gasteiger partial charge in [-0.3, -0.25) is 19.7 Å². The highest BCUT2D eigenvalue weighted by Crippen LogP contribution is 2.29. The summed E-state index contributed by atoms with van der Waals surface area (Å²) in [5.74, 6) is -1.45. The van der Waals surface area contributed by atoms with Gasteiger partial charge in [0.25, 0.3) is 11.6 Å². The molecule has 0 fully saturated rings. The van der Waals surface area contributed by atoms with E-state index in [0.717, 1.165) is 6.07 Å². The molecule has 0 bridgehead atoms. The maximum atomic E-state index is 11.5. The molecule has 1 rings (SSSR count). The van der Waals surface area contributed by atoms with Crippen LogP contribution in [0.25, 0.3) is 0 Å². The van der Waals surface area contributed by atoms with Gasteiger partial charge in [-0.15, -0.1) is 0 Å². The zero-order valence-corrected chi connectivity index (χ0v) is 12.0. The Balaban J connectivity index is 3.15. The standard InChI is InChI=1S/C13H17N3O5/c1-13(2,7-11(17)18)15-9-5-4-8(12(19)14-3)6-10(9)16(20)21/h4-6,15H,7H2,1-3H3,(H,14,19)(H,17,18). The Morgan fingerprint density at radius 1 is 1.38 bits per heavy atom. The van der Waals surface area contributed by atoms with Gasteiger partial charge < -0.3 is 15.7 Å². The first kappa shape index (κ1) is 16.4. The number of nitro benzene ring substituents is 1. The van der Waals surface area contributed by atoms with E-state index in [1.54, 1.807) is 13.8 Å². The molecule has 1 amide bonds. The number of anilines is 1. The number of carbonyl (C=O) groups excluding carboxylic acids is 1. The highest BCUT2D eigenvalue weighted by Gasteiger charge is 2.26. The smallest absolute Gasteiger partial charge is 0.305 e. The van der Waals surface area contributed by atoms with E-state index in [9.17, 15) is 19.7 Å². The predicted molar refractivity (Wildman–Crippen MR) is 76.4 cm³/mol. The zero-order valence-electron chi connectivity index (χ0n) is 12.0. The SMILES string of the molecule is CNC(=O)c1ccc(NC(C)(C)CC(=O)O)c([N+](=O)[O-])c1. The molecule has 0 aliphatic rings. The van der Waals surface area contributed by atoms with E-state index in [4.69, 9.17) is 5.11 Å². The third-order valence-electron chi connectivity index (χ3n) is 2.75. The molecule has 0 aliphatic carbocycles. The van der Waals surface area contributed by atoms with Crippen molar-refractivity contribution >= 4 is 23.3 Å². The zero-order chi connectivity index (χ0) is 16.2. The van der Waals surface area contributed by atoms with Crippen LogP contribution in [-0.4, -0.2) is 34.5 Å². The minimum Gasteiger partial charge on any atom is -0.481 e. The van der Waals surface area contributed by atoms with Crippen molar-refractivity contribution in [2.75, 3.05) is 12.4 Å². The highest BCUT2D eigenvalue weighted by atomic mass is 16.6. The number of aliphatic carboxylic acids is 1. The summed E-state index contributed by atoms with van der Waals surface area (Å²) in [6.45, 7) is 3.25. The highest BCUT2D eigenvalue weighted by molar-refractivity contribution is 5.95. The Bertz CT molecular complexity index is 583. The first-order valence-corrected chi connectivity index (χ1v) is 6.17. The summed E-state index contributed by atoms with van der Waals surface area (Å²) in [6.07, 6.45) is -0.207. The van der Waals surface area contributed by atoms with Crippen molar-refractivity contribution in [1.29, 1.82) is 0 Å². The number of hydrogen-bond acceptors (Lipinski definition) is 5. The van der Waals surface area contributed by atoms with Gasteiger partial charge in [-0.05, 0) is 26.0 Å². The number of nitro groups is 1. The van der Waals surface area contributed by atoms with Gasteiger partial charge in [0.05, 0.1) is 11.3 Å². The number of nitrogens with zero attached hydrogens (tertiary/aromatic N) is 1. The van der Waals surface area contributed by atoms with E-state index in [0.29, 0.717) is 0 Å². The van der Waals surface area contributed by atoms with Crippen molar-refractivity contribution in [3.8, 4) is 0 Å². The Kier molecular flexibility index (Phi) is 4.85. The Labute approximate surface area is 121 Å². The lowest BCUT2D eigenvalue weighted by molar-refractivity contribution is -0.384. The fraction of sp³-hybridized carbons (Fsp3) is 0.385. The summed E-state index contributed by atoms with van der Waals surface area (Å²) in [4.78, 5) is 32.8. The maximum Gasteiger partial charge on any atom is 0.305 e. The third kappa shape index (κ3) is 4.44. The molecule has 0 heterocycles. The van der Waals surface area contributed by atoms with Gasteiger partial charge >= 0.3 is 5.97 Å². The van der Waals surface area contributed by atoms with Crippen molar-refractivity contribution in [2.24, 2.45) is 0 Å².